The highest BCUT2D eigenvalue weighted by Gasteiger charge is 2.50. The number of rotatable bonds is 5. The fourth-order valence-corrected chi connectivity index (χ4v) is 4.84. The molecule has 2 aliphatic heterocycles. The van der Waals surface area contributed by atoms with Crippen molar-refractivity contribution in [1.82, 2.24) is 25.7 Å². The Bertz CT molecular complexity index is 1510. The maximum atomic E-state index is 13.2. The summed E-state index contributed by atoms with van der Waals surface area (Å²) in [5.74, 6) is -0.114. The molecule has 3 aromatic carbocycles. The summed E-state index contributed by atoms with van der Waals surface area (Å²) in [5, 5.41) is 13.2. The lowest BCUT2D eigenvalue weighted by Crippen LogP contribution is -2.52. The first-order valence-electron chi connectivity index (χ1n) is 11.1. The van der Waals surface area contributed by atoms with Gasteiger partial charge in [0.1, 0.15) is 5.75 Å². The zero-order valence-electron chi connectivity index (χ0n) is 18.8. The zero-order chi connectivity index (χ0) is 24.2. The smallest absolute Gasteiger partial charge is 0.322 e. The molecule has 3 heterocycles. The van der Waals surface area contributed by atoms with Crippen molar-refractivity contribution < 1.29 is 19.1 Å². The molecule has 174 valence electrons. The van der Waals surface area contributed by atoms with Crippen LogP contribution in [-0.4, -0.2) is 46.6 Å². The first kappa shape index (κ1) is 20.9. The molecule has 4 amide bonds. The Morgan fingerprint density at radius 1 is 1.00 bits per heavy atom. The fourth-order valence-electron chi connectivity index (χ4n) is 4.84. The lowest BCUT2D eigenvalue weighted by molar-refractivity contribution is -0.124. The van der Waals surface area contributed by atoms with Crippen LogP contribution in [0.1, 0.15) is 21.5 Å². The van der Waals surface area contributed by atoms with Gasteiger partial charge in [-0.1, -0.05) is 42.5 Å². The van der Waals surface area contributed by atoms with Gasteiger partial charge in [0, 0.05) is 17.5 Å². The van der Waals surface area contributed by atoms with Crippen LogP contribution in [0.5, 0.6) is 5.75 Å². The molecule has 1 aromatic heterocycles. The first-order valence-corrected chi connectivity index (χ1v) is 11.1. The van der Waals surface area contributed by atoms with E-state index in [1.165, 1.54) is 0 Å². The van der Waals surface area contributed by atoms with E-state index in [1.807, 2.05) is 48.5 Å². The number of nitrogens with zero attached hydrogens (tertiary/aromatic N) is 2. The maximum absolute atomic E-state index is 13.2. The molecular formula is C26H21N5O4. The number of carbonyl (C=O) groups is 3. The first-order chi connectivity index (χ1) is 17.0. The van der Waals surface area contributed by atoms with Gasteiger partial charge in [-0.05, 0) is 40.5 Å². The molecule has 0 saturated carbocycles. The molecular weight excluding hydrogens is 446 g/mol. The predicted molar refractivity (Wildman–Crippen MR) is 128 cm³/mol. The van der Waals surface area contributed by atoms with E-state index in [1.54, 1.807) is 30.3 Å². The van der Waals surface area contributed by atoms with Crippen molar-refractivity contribution in [2.24, 2.45) is 0 Å². The minimum absolute atomic E-state index is 0.000146. The third-order valence-electron chi connectivity index (χ3n) is 6.72. The van der Waals surface area contributed by atoms with Gasteiger partial charge in [-0.3, -0.25) is 20.0 Å². The Balaban J connectivity index is 1.33. The van der Waals surface area contributed by atoms with E-state index in [9.17, 15) is 14.4 Å². The number of imide groups is 1. The van der Waals surface area contributed by atoms with E-state index in [0.29, 0.717) is 23.4 Å². The summed E-state index contributed by atoms with van der Waals surface area (Å²) in [6.45, 7) is 0.338. The highest BCUT2D eigenvalue weighted by atomic mass is 16.5. The van der Waals surface area contributed by atoms with Crippen LogP contribution in [0.25, 0.3) is 22.0 Å². The van der Waals surface area contributed by atoms with Gasteiger partial charge >= 0.3 is 6.03 Å². The molecule has 4 aromatic rings. The van der Waals surface area contributed by atoms with Crippen molar-refractivity contribution in [2.75, 3.05) is 13.7 Å². The molecule has 0 bridgehead atoms. The Kier molecular flexibility index (Phi) is 4.60. The summed E-state index contributed by atoms with van der Waals surface area (Å²) in [4.78, 5) is 40.0. The number of carbonyl (C=O) groups excluding carboxylic acids is 3. The third kappa shape index (κ3) is 3.31. The summed E-state index contributed by atoms with van der Waals surface area (Å²) in [6, 6.07) is 18.2. The number of hydrogen-bond acceptors (Lipinski definition) is 5. The molecule has 9 heteroatoms. The topological polar surface area (TPSA) is 116 Å². The van der Waals surface area contributed by atoms with Crippen LogP contribution in [0.3, 0.4) is 0 Å². The van der Waals surface area contributed by atoms with Gasteiger partial charge in [-0.2, -0.15) is 5.10 Å². The molecule has 0 spiro atoms. The number of methoxy groups -OCH3 is 1. The normalized spacial score (nSPS) is 19.1. The second-order valence-electron chi connectivity index (χ2n) is 8.75. The van der Waals surface area contributed by atoms with Gasteiger partial charge in [0.2, 0.25) is 0 Å². The Labute approximate surface area is 200 Å². The number of fused-ring (bicyclic) bond motifs is 2. The number of urea groups is 1. The highest BCUT2D eigenvalue weighted by molar-refractivity contribution is 6.08. The molecule has 1 saturated heterocycles. The molecule has 3 N–H and O–H groups in total. The van der Waals surface area contributed by atoms with Crippen molar-refractivity contribution in [3.05, 3.63) is 83.6 Å². The predicted octanol–water partition coefficient (Wildman–Crippen LogP) is 2.93. The summed E-state index contributed by atoms with van der Waals surface area (Å²) in [6.07, 6.45) is 1.77. The van der Waals surface area contributed by atoms with Crippen LogP contribution in [0.15, 0.2) is 66.9 Å². The third-order valence-corrected chi connectivity index (χ3v) is 6.72. The van der Waals surface area contributed by atoms with E-state index < -0.39 is 17.5 Å². The van der Waals surface area contributed by atoms with Crippen molar-refractivity contribution in [3.63, 3.8) is 0 Å². The SMILES string of the molecule is COc1ccc2c(c1)C(=O)N(C[C@@]1(c3ccc(-c4ccc5cn[nH]c5c4)cc3)NC(=O)NC1=O)C2. The van der Waals surface area contributed by atoms with E-state index in [2.05, 4.69) is 20.8 Å². The van der Waals surface area contributed by atoms with Crippen molar-refractivity contribution in [2.45, 2.75) is 12.1 Å². The molecule has 1 fully saturated rings. The highest BCUT2D eigenvalue weighted by Crippen LogP contribution is 2.33. The lowest BCUT2D eigenvalue weighted by atomic mass is 9.88. The Morgan fingerprint density at radius 2 is 1.80 bits per heavy atom. The minimum atomic E-state index is -1.40. The Morgan fingerprint density at radius 3 is 2.54 bits per heavy atom. The van der Waals surface area contributed by atoms with Crippen molar-refractivity contribution in [1.29, 1.82) is 0 Å². The quantitative estimate of drug-likeness (QED) is 0.390. The summed E-state index contributed by atoms with van der Waals surface area (Å²) in [5.41, 5.74) is 3.44. The molecule has 0 unspecified atom stereocenters. The molecule has 2 aliphatic rings. The lowest BCUT2D eigenvalue weighted by Gasteiger charge is -2.31. The van der Waals surface area contributed by atoms with Crippen molar-refractivity contribution in [3.8, 4) is 16.9 Å². The van der Waals surface area contributed by atoms with Crippen molar-refractivity contribution >= 4 is 28.7 Å². The number of hydrogen-bond donors (Lipinski definition) is 3. The number of amides is 4. The second kappa shape index (κ2) is 7.69. The maximum Gasteiger partial charge on any atom is 0.322 e. The van der Waals surface area contributed by atoms with Crippen LogP contribution in [0.4, 0.5) is 4.79 Å². The number of H-pyrrole nitrogens is 1. The van der Waals surface area contributed by atoms with Gasteiger partial charge < -0.3 is 15.0 Å². The van der Waals surface area contributed by atoms with Crippen LogP contribution in [0, 0.1) is 0 Å². The van der Waals surface area contributed by atoms with Gasteiger partial charge in [0.05, 0.1) is 25.4 Å². The van der Waals surface area contributed by atoms with Crippen LogP contribution < -0.4 is 15.4 Å². The van der Waals surface area contributed by atoms with Crippen LogP contribution in [0.2, 0.25) is 0 Å². The fraction of sp³-hybridized carbons (Fsp3) is 0.154. The van der Waals surface area contributed by atoms with E-state index in [4.69, 9.17) is 4.74 Å². The number of aromatic amines is 1. The average Bonchev–Trinajstić information content (AvgIpc) is 3.55. The summed E-state index contributed by atoms with van der Waals surface area (Å²) in [7, 11) is 1.54. The Hall–Kier alpha value is -4.66. The van der Waals surface area contributed by atoms with Crippen LogP contribution in [-0.2, 0) is 16.9 Å². The van der Waals surface area contributed by atoms with E-state index in [0.717, 1.165) is 27.6 Å². The molecule has 6 rings (SSSR count). The number of benzene rings is 3. The molecule has 0 aliphatic carbocycles. The monoisotopic (exact) mass is 467 g/mol. The molecule has 35 heavy (non-hydrogen) atoms. The zero-order valence-corrected chi connectivity index (χ0v) is 18.8. The summed E-state index contributed by atoms with van der Waals surface area (Å²) < 4.78 is 5.25. The van der Waals surface area contributed by atoms with Gasteiger partial charge in [0.25, 0.3) is 11.8 Å². The second-order valence-corrected chi connectivity index (χ2v) is 8.75. The largest absolute Gasteiger partial charge is 0.497 e. The minimum Gasteiger partial charge on any atom is -0.497 e. The number of ether oxygens (including phenoxy) is 1. The van der Waals surface area contributed by atoms with Gasteiger partial charge in [-0.15, -0.1) is 0 Å². The van der Waals surface area contributed by atoms with Crippen LogP contribution >= 0.6 is 0 Å². The summed E-state index contributed by atoms with van der Waals surface area (Å²) >= 11 is 0. The molecule has 9 nitrogen and oxygen atoms in total. The van der Waals surface area contributed by atoms with Gasteiger partial charge in [-0.25, -0.2) is 4.79 Å². The number of nitrogens with one attached hydrogen (secondary N) is 3. The molecule has 0 radical (unpaired) electrons. The van der Waals surface area contributed by atoms with E-state index in [-0.39, 0.29) is 12.5 Å². The molecule has 1 atom stereocenters. The average molecular weight is 467 g/mol. The number of aromatic nitrogens is 2. The standard InChI is InChI=1S/C26H21N5O4/c1-35-20-9-6-18-13-31(23(32)21(18)11-20)14-26(24(33)28-25(34)29-26)19-7-4-15(5-8-19)16-2-3-17-12-27-30-22(17)10-16/h2-12H,13-14H2,1H3,(H,27,30)(H2,28,29,33,34)/t26-/m0/s1. The van der Waals surface area contributed by atoms with Gasteiger partial charge in [0.15, 0.2) is 5.54 Å². The van der Waals surface area contributed by atoms with E-state index >= 15 is 0 Å².